The maximum atomic E-state index is 14.9. The number of aromatic nitrogens is 2. The quantitative estimate of drug-likeness (QED) is 0.691. The van der Waals surface area contributed by atoms with Gasteiger partial charge in [-0.15, -0.1) is 0 Å². The molecule has 0 N–H and O–H groups in total. The summed E-state index contributed by atoms with van der Waals surface area (Å²) < 4.78 is 29.3. The topological polar surface area (TPSA) is 29.0 Å². The molecular weight excluding hydrogens is 332 g/mol. The third-order valence-corrected chi connectivity index (χ3v) is 4.54. The van der Waals surface area contributed by atoms with E-state index in [0.29, 0.717) is 41.0 Å². The Morgan fingerprint density at radius 2 is 1.77 bits per heavy atom. The molecule has 0 amide bonds. The largest absolute Gasteiger partial charge is 0.298 e. The SMILES string of the molecule is CN1CC=C(c2ccccc2F)c2cc(F)c(-c3cccnn3)cc2C1. The van der Waals surface area contributed by atoms with E-state index >= 15 is 0 Å². The van der Waals surface area contributed by atoms with Crippen molar-refractivity contribution >= 4 is 5.57 Å². The summed E-state index contributed by atoms with van der Waals surface area (Å²) in [7, 11) is 1.98. The minimum absolute atomic E-state index is 0.312. The van der Waals surface area contributed by atoms with Crippen LogP contribution in [0.2, 0.25) is 0 Å². The van der Waals surface area contributed by atoms with Crippen molar-refractivity contribution in [3.8, 4) is 11.3 Å². The predicted molar refractivity (Wildman–Crippen MR) is 97.2 cm³/mol. The highest BCUT2D eigenvalue weighted by Crippen LogP contribution is 2.34. The molecule has 3 aromatic rings. The lowest BCUT2D eigenvalue weighted by Gasteiger charge is -2.16. The lowest BCUT2D eigenvalue weighted by atomic mass is 9.91. The zero-order chi connectivity index (χ0) is 18.1. The van der Waals surface area contributed by atoms with Crippen LogP contribution in [0.4, 0.5) is 8.78 Å². The Morgan fingerprint density at radius 3 is 2.54 bits per heavy atom. The number of hydrogen-bond donors (Lipinski definition) is 0. The summed E-state index contributed by atoms with van der Waals surface area (Å²) in [5.74, 6) is -0.705. The highest BCUT2D eigenvalue weighted by Gasteiger charge is 2.21. The molecular formula is C21H17F2N3. The molecule has 130 valence electrons. The monoisotopic (exact) mass is 349 g/mol. The highest BCUT2D eigenvalue weighted by molar-refractivity contribution is 5.83. The van der Waals surface area contributed by atoms with Crippen LogP contribution in [-0.4, -0.2) is 28.7 Å². The smallest absolute Gasteiger partial charge is 0.133 e. The number of hydrogen-bond acceptors (Lipinski definition) is 3. The lowest BCUT2D eigenvalue weighted by Crippen LogP contribution is -2.16. The van der Waals surface area contributed by atoms with Crippen LogP contribution in [0.3, 0.4) is 0 Å². The van der Waals surface area contributed by atoms with Gasteiger partial charge in [-0.05, 0) is 54.1 Å². The molecule has 2 aromatic carbocycles. The van der Waals surface area contributed by atoms with Crippen molar-refractivity contribution in [2.75, 3.05) is 13.6 Å². The molecule has 0 fully saturated rings. The van der Waals surface area contributed by atoms with E-state index in [4.69, 9.17) is 0 Å². The van der Waals surface area contributed by atoms with Crippen LogP contribution >= 0.6 is 0 Å². The van der Waals surface area contributed by atoms with Crippen molar-refractivity contribution in [2.24, 2.45) is 0 Å². The summed E-state index contributed by atoms with van der Waals surface area (Å²) in [6.07, 6.45) is 3.50. The second-order valence-corrected chi connectivity index (χ2v) is 6.39. The van der Waals surface area contributed by atoms with Gasteiger partial charge in [0, 0.05) is 30.4 Å². The average Bonchev–Trinajstić information content (AvgIpc) is 2.80. The summed E-state index contributed by atoms with van der Waals surface area (Å²) in [5.41, 5.74) is 3.73. The van der Waals surface area contributed by atoms with Gasteiger partial charge in [-0.2, -0.15) is 10.2 Å². The molecule has 4 rings (SSSR count). The molecule has 3 nitrogen and oxygen atoms in total. The van der Waals surface area contributed by atoms with Crippen molar-refractivity contribution in [1.29, 1.82) is 0 Å². The van der Waals surface area contributed by atoms with E-state index in [9.17, 15) is 8.78 Å². The third-order valence-electron chi connectivity index (χ3n) is 4.54. The predicted octanol–water partition coefficient (Wildman–Crippen LogP) is 4.30. The second kappa shape index (κ2) is 6.77. The maximum absolute atomic E-state index is 14.9. The molecule has 0 aliphatic carbocycles. The Hall–Kier alpha value is -2.92. The van der Waals surface area contributed by atoms with Crippen LogP contribution in [0.1, 0.15) is 16.7 Å². The maximum Gasteiger partial charge on any atom is 0.133 e. The summed E-state index contributed by atoms with van der Waals surface area (Å²) in [4.78, 5) is 2.10. The molecule has 0 bridgehead atoms. The number of likely N-dealkylation sites (N-methyl/N-ethyl adjacent to an activating group) is 1. The number of nitrogens with zero attached hydrogens (tertiary/aromatic N) is 3. The van der Waals surface area contributed by atoms with Crippen molar-refractivity contribution in [2.45, 2.75) is 6.54 Å². The second-order valence-electron chi connectivity index (χ2n) is 6.39. The first-order valence-corrected chi connectivity index (χ1v) is 8.38. The first-order chi connectivity index (χ1) is 12.6. The summed E-state index contributed by atoms with van der Waals surface area (Å²) in [6.45, 7) is 1.29. The fourth-order valence-corrected chi connectivity index (χ4v) is 3.29. The van der Waals surface area contributed by atoms with Crippen LogP contribution in [-0.2, 0) is 6.54 Å². The molecule has 0 atom stereocenters. The molecule has 2 heterocycles. The molecule has 0 spiro atoms. The fourth-order valence-electron chi connectivity index (χ4n) is 3.29. The zero-order valence-corrected chi connectivity index (χ0v) is 14.3. The normalized spacial score (nSPS) is 14.5. The Labute approximate surface area is 150 Å². The number of halogens is 2. The standard InChI is InChI=1S/C21H17F2N3/c1-26-10-8-15(16-5-2-3-6-19(16)22)17-12-20(23)18(11-14(17)13-26)21-7-4-9-24-25-21/h2-9,11-12H,10,13H2,1H3. The molecule has 0 radical (unpaired) electrons. The van der Waals surface area contributed by atoms with Gasteiger partial charge in [0.25, 0.3) is 0 Å². The first-order valence-electron chi connectivity index (χ1n) is 8.38. The van der Waals surface area contributed by atoms with Gasteiger partial charge < -0.3 is 0 Å². The molecule has 0 unspecified atom stereocenters. The lowest BCUT2D eigenvalue weighted by molar-refractivity contribution is 0.365. The van der Waals surface area contributed by atoms with E-state index in [1.54, 1.807) is 42.6 Å². The number of fused-ring (bicyclic) bond motifs is 1. The van der Waals surface area contributed by atoms with Crippen LogP contribution in [0.5, 0.6) is 0 Å². The van der Waals surface area contributed by atoms with Gasteiger partial charge in [-0.3, -0.25) is 4.90 Å². The van der Waals surface area contributed by atoms with Crippen LogP contribution in [0.15, 0.2) is 60.8 Å². The van der Waals surface area contributed by atoms with Crippen molar-refractivity contribution < 1.29 is 8.78 Å². The molecule has 26 heavy (non-hydrogen) atoms. The van der Waals surface area contributed by atoms with Gasteiger partial charge in [0.15, 0.2) is 0 Å². The van der Waals surface area contributed by atoms with Gasteiger partial charge in [0.2, 0.25) is 0 Å². The van der Waals surface area contributed by atoms with Crippen LogP contribution in [0.25, 0.3) is 16.8 Å². The fraction of sp³-hybridized carbons (Fsp3) is 0.143. The van der Waals surface area contributed by atoms with Gasteiger partial charge in [-0.25, -0.2) is 8.78 Å². The van der Waals surface area contributed by atoms with E-state index in [1.807, 2.05) is 13.1 Å². The van der Waals surface area contributed by atoms with E-state index in [0.717, 1.165) is 5.56 Å². The summed E-state index contributed by atoms with van der Waals surface area (Å²) in [5, 5.41) is 7.85. The van der Waals surface area contributed by atoms with Crippen LogP contribution < -0.4 is 0 Å². The minimum Gasteiger partial charge on any atom is -0.298 e. The van der Waals surface area contributed by atoms with E-state index in [2.05, 4.69) is 15.1 Å². The van der Waals surface area contributed by atoms with Gasteiger partial charge in [0.05, 0.1) is 5.69 Å². The van der Waals surface area contributed by atoms with Crippen molar-refractivity contribution in [1.82, 2.24) is 15.1 Å². The van der Waals surface area contributed by atoms with E-state index in [1.165, 1.54) is 12.1 Å². The van der Waals surface area contributed by atoms with Gasteiger partial charge in [-0.1, -0.05) is 24.3 Å². The van der Waals surface area contributed by atoms with E-state index in [-0.39, 0.29) is 5.82 Å². The van der Waals surface area contributed by atoms with Gasteiger partial charge in [0.1, 0.15) is 11.6 Å². The summed E-state index contributed by atoms with van der Waals surface area (Å²) >= 11 is 0. The molecule has 1 aliphatic heterocycles. The Kier molecular flexibility index (Phi) is 4.31. The molecule has 0 saturated carbocycles. The van der Waals surface area contributed by atoms with Crippen molar-refractivity contribution in [3.63, 3.8) is 0 Å². The number of benzene rings is 2. The minimum atomic E-state index is -0.393. The highest BCUT2D eigenvalue weighted by atomic mass is 19.1. The zero-order valence-electron chi connectivity index (χ0n) is 14.3. The van der Waals surface area contributed by atoms with Gasteiger partial charge >= 0.3 is 0 Å². The third kappa shape index (κ3) is 3.02. The molecule has 1 aromatic heterocycles. The first kappa shape index (κ1) is 16.5. The Balaban J connectivity index is 1.90. The Bertz CT molecular complexity index is 984. The van der Waals surface area contributed by atoms with Crippen LogP contribution in [0, 0.1) is 11.6 Å². The van der Waals surface area contributed by atoms with E-state index < -0.39 is 5.82 Å². The number of rotatable bonds is 2. The van der Waals surface area contributed by atoms with Crippen molar-refractivity contribution in [3.05, 3.63) is 89.1 Å². The molecule has 0 saturated heterocycles. The Morgan fingerprint density at radius 1 is 0.923 bits per heavy atom. The molecule has 1 aliphatic rings. The molecule has 5 heteroatoms. The summed E-state index contributed by atoms with van der Waals surface area (Å²) in [6, 6.07) is 13.3. The average molecular weight is 349 g/mol.